The molecule has 0 aromatic carbocycles. The Morgan fingerprint density at radius 3 is 2.75 bits per heavy atom. The van der Waals surface area contributed by atoms with Gasteiger partial charge < -0.3 is 9.74 Å². The largest absolute Gasteiger partial charge is 0.434 e. The molecule has 0 bridgehead atoms. The lowest BCUT2D eigenvalue weighted by molar-refractivity contribution is 0.113. The number of nitrogens with one attached hydrogen (secondary N) is 1. The maximum absolute atomic E-state index is 12.8. The normalized spacial score (nSPS) is 22.4. The van der Waals surface area contributed by atoms with Crippen molar-refractivity contribution in [2.45, 2.75) is 51.5 Å². The smallest absolute Gasteiger partial charge is 0.321 e. The van der Waals surface area contributed by atoms with E-state index in [4.69, 9.17) is 4.84 Å². The van der Waals surface area contributed by atoms with E-state index in [9.17, 15) is 9.59 Å². The van der Waals surface area contributed by atoms with Gasteiger partial charge >= 0.3 is 6.09 Å². The zero-order valence-corrected chi connectivity index (χ0v) is 17.4. The Morgan fingerprint density at radius 1 is 1.25 bits per heavy atom. The Labute approximate surface area is 171 Å². The van der Waals surface area contributed by atoms with Crippen molar-refractivity contribution in [1.82, 2.24) is 19.4 Å². The number of rotatable bonds is 3. The summed E-state index contributed by atoms with van der Waals surface area (Å²) in [5.74, 6) is 0.567. The number of aromatic nitrogens is 3. The number of hydrogen-bond acceptors (Lipinski definition) is 6. The molecule has 2 atom stereocenters. The van der Waals surface area contributed by atoms with E-state index in [0.29, 0.717) is 29.1 Å². The van der Waals surface area contributed by atoms with Crippen molar-refractivity contribution in [1.29, 1.82) is 0 Å². The summed E-state index contributed by atoms with van der Waals surface area (Å²) in [6.07, 6.45) is 7.46. The highest BCUT2D eigenvalue weighted by Crippen LogP contribution is 2.36. The van der Waals surface area contributed by atoms with Crippen LogP contribution in [0.5, 0.6) is 0 Å². The van der Waals surface area contributed by atoms with Gasteiger partial charge in [0.2, 0.25) is 0 Å². The van der Waals surface area contributed by atoms with Crippen LogP contribution in [0.1, 0.15) is 51.5 Å². The van der Waals surface area contributed by atoms with Gasteiger partial charge in [0.1, 0.15) is 5.65 Å². The first-order chi connectivity index (χ1) is 13.5. The van der Waals surface area contributed by atoms with Crippen molar-refractivity contribution >= 4 is 39.0 Å². The van der Waals surface area contributed by atoms with Crippen LogP contribution in [0.15, 0.2) is 21.5 Å². The fourth-order valence-electron chi connectivity index (χ4n) is 4.18. The van der Waals surface area contributed by atoms with Gasteiger partial charge in [0.05, 0.1) is 4.47 Å². The molecule has 0 spiro atoms. The molecule has 9 heteroatoms. The summed E-state index contributed by atoms with van der Waals surface area (Å²) >= 11 is 3.37. The number of hydrogen-bond donors (Lipinski definition) is 1. The molecular formula is C19H24BrN5O3. The van der Waals surface area contributed by atoms with E-state index in [0.717, 1.165) is 43.9 Å². The average Bonchev–Trinajstić information content (AvgIpc) is 3.13. The lowest BCUT2D eigenvalue weighted by Gasteiger charge is -2.25. The van der Waals surface area contributed by atoms with Crippen LogP contribution < -0.4 is 11.0 Å². The van der Waals surface area contributed by atoms with E-state index < -0.39 is 6.09 Å². The summed E-state index contributed by atoms with van der Waals surface area (Å²) in [5.41, 5.74) is 3.01. The minimum Gasteiger partial charge on any atom is -0.321 e. The highest BCUT2D eigenvalue weighted by Gasteiger charge is 2.28. The van der Waals surface area contributed by atoms with Crippen molar-refractivity contribution < 1.29 is 9.63 Å². The van der Waals surface area contributed by atoms with E-state index >= 15 is 0 Å². The molecule has 2 aliphatic rings. The number of nitrogens with zero attached hydrogens (tertiary/aromatic N) is 4. The number of halogens is 1. The van der Waals surface area contributed by atoms with E-state index in [1.54, 1.807) is 21.7 Å². The molecule has 1 aliphatic carbocycles. The molecule has 1 N–H and O–H groups in total. The third-order valence-electron chi connectivity index (χ3n) is 5.72. The van der Waals surface area contributed by atoms with Crippen molar-refractivity contribution in [3.8, 4) is 0 Å². The predicted molar refractivity (Wildman–Crippen MR) is 109 cm³/mol. The van der Waals surface area contributed by atoms with Crippen LogP contribution in [-0.4, -0.2) is 38.6 Å². The van der Waals surface area contributed by atoms with Crippen LogP contribution >= 0.6 is 15.9 Å². The molecule has 1 amide bonds. The second kappa shape index (κ2) is 8.06. The highest BCUT2D eigenvalue weighted by molar-refractivity contribution is 9.10. The van der Waals surface area contributed by atoms with E-state index in [2.05, 4.69) is 38.3 Å². The molecule has 1 saturated carbocycles. The van der Waals surface area contributed by atoms with Gasteiger partial charge in [-0.2, -0.15) is 10.5 Å². The molecule has 2 unspecified atom stereocenters. The fraction of sp³-hybridized carbons (Fsp3) is 0.579. The zero-order valence-electron chi connectivity index (χ0n) is 15.9. The second-order valence-electron chi connectivity index (χ2n) is 7.63. The van der Waals surface area contributed by atoms with Gasteiger partial charge in [-0.3, -0.25) is 9.36 Å². The maximum Gasteiger partial charge on any atom is 0.434 e. The summed E-state index contributed by atoms with van der Waals surface area (Å²) in [4.78, 5) is 40.6. The molecule has 2 aromatic heterocycles. The predicted octanol–water partition coefficient (Wildman–Crippen LogP) is 3.86. The third kappa shape index (κ3) is 3.72. The van der Waals surface area contributed by atoms with Gasteiger partial charge in [-0.15, -0.1) is 0 Å². The first-order valence-corrected chi connectivity index (χ1v) is 10.6. The monoisotopic (exact) mass is 449 g/mol. The Hall–Kier alpha value is -2.16. The summed E-state index contributed by atoms with van der Waals surface area (Å²) in [6.45, 7) is 3.57. The second-order valence-corrected chi connectivity index (χ2v) is 8.49. The maximum atomic E-state index is 12.8. The van der Waals surface area contributed by atoms with Crippen LogP contribution in [0, 0.1) is 5.92 Å². The van der Waals surface area contributed by atoms with E-state index in [1.165, 1.54) is 0 Å². The quantitative estimate of drug-likeness (QED) is 0.715. The number of piperidine rings is 1. The molecule has 1 aliphatic heterocycles. The summed E-state index contributed by atoms with van der Waals surface area (Å²) in [6, 6.07) is 1.84. The van der Waals surface area contributed by atoms with Crippen molar-refractivity contribution in [3.63, 3.8) is 0 Å². The van der Waals surface area contributed by atoms with Gasteiger partial charge in [-0.25, -0.2) is 9.78 Å². The summed E-state index contributed by atoms with van der Waals surface area (Å²) in [7, 11) is 0. The summed E-state index contributed by atoms with van der Waals surface area (Å²) in [5, 5.41) is 0.762. The molecule has 0 radical (unpaired) electrons. The Morgan fingerprint density at radius 2 is 2.04 bits per heavy atom. The van der Waals surface area contributed by atoms with Gasteiger partial charge in [0.15, 0.2) is 0 Å². The molecular weight excluding hydrogens is 426 g/mol. The number of carbonyl (C=O) groups excluding carboxylic acids is 1. The lowest BCUT2D eigenvalue weighted by Crippen LogP contribution is -2.37. The Bertz CT molecular complexity index is 941. The first kappa shape index (κ1) is 19.2. The number of pyridine rings is 1. The number of fused-ring (bicyclic) bond motifs is 1. The first-order valence-electron chi connectivity index (χ1n) is 9.84. The molecule has 3 heterocycles. The number of amides is 1. The molecule has 2 aromatic rings. The van der Waals surface area contributed by atoms with Gasteiger partial charge in [-0.05, 0) is 60.0 Å². The van der Waals surface area contributed by atoms with Gasteiger partial charge in [-0.1, -0.05) is 13.3 Å². The minimum absolute atomic E-state index is 0.0961. The zero-order chi connectivity index (χ0) is 19.7. The van der Waals surface area contributed by atoms with Crippen LogP contribution in [-0.2, 0) is 4.84 Å². The van der Waals surface area contributed by atoms with Crippen molar-refractivity contribution in [2.75, 3.05) is 18.6 Å². The number of anilines is 1. The molecule has 28 heavy (non-hydrogen) atoms. The summed E-state index contributed by atoms with van der Waals surface area (Å²) < 4.78 is 2.26. The minimum atomic E-state index is -0.430. The molecule has 4 rings (SSSR count). The molecule has 1 saturated heterocycles. The van der Waals surface area contributed by atoms with Crippen molar-refractivity contribution in [2.24, 2.45) is 5.92 Å². The van der Waals surface area contributed by atoms with Crippen LogP contribution in [0.2, 0.25) is 0 Å². The Kier molecular flexibility index (Phi) is 5.52. The van der Waals surface area contributed by atoms with Crippen LogP contribution in [0.3, 0.4) is 0 Å². The van der Waals surface area contributed by atoms with Gasteiger partial charge in [0, 0.05) is 30.7 Å². The Balaban J connectivity index is 1.61. The van der Waals surface area contributed by atoms with Crippen molar-refractivity contribution in [3.05, 3.63) is 27.1 Å². The number of carbonyl (C=O) groups is 1. The van der Waals surface area contributed by atoms with E-state index in [-0.39, 0.29) is 17.5 Å². The molecule has 8 nitrogen and oxygen atoms in total. The van der Waals surface area contributed by atoms with Crippen LogP contribution in [0.4, 0.5) is 10.7 Å². The highest BCUT2D eigenvalue weighted by atomic mass is 79.9. The lowest BCUT2D eigenvalue weighted by atomic mass is 10.1. The molecule has 2 fully saturated rings. The topological polar surface area (TPSA) is 89.3 Å². The van der Waals surface area contributed by atoms with Gasteiger partial charge in [0.25, 0.3) is 11.5 Å². The van der Waals surface area contributed by atoms with Crippen LogP contribution in [0.25, 0.3) is 11.0 Å². The fourth-order valence-corrected chi connectivity index (χ4v) is 4.62. The average molecular weight is 450 g/mol. The number of likely N-dealkylation sites (tertiary alicyclic amines) is 1. The standard InChI is InChI=1S/C19H24BrN5O3/c1-12-6-5-7-15(12)25-16-13(10-14(20)17(25)26)11-21-18(22-16)23-28-19(27)24-8-3-2-4-9-24/h10-12,15H,2-9H2,1H3,(H,21,22,23). The third-order valence-corrected chi connectivity index (χ3v) is 6.29. The SMILES string of the molecule is CC1CCCC1n1c(=O)c(Br)cc2cnc(NOC(=O)N3CCCCC3)nc21. The van der Waals surface area contributed by atoms with E-state index in [1.807, 2.05) is 0 Å². The molecule has 150 valence electrons.